The highest BCUT2D eigenvalue weighted by Gasteiger charge is 2.16. The van der Waals surface area contributed by atoms with Gasteiger partial charge in [-0.25, -0.2) is 0 Å². The van der Waals surface area contributed by atoms with Gasteiger partial charge in [-0.1, -0.05) is 12.2 Å². The van der Waals surface area contributed by atoms with Gasteiger partial charge in [0.2, 0.25) is 0 Å². The van der Waals surface area contributed by atoms with E-state index >= 15 is 0 Å². The molecule has 0 aliphatic heterocycles. The first kappa shape index (κ1) is 11.9. The molecule has 0 spiro atoms. The molecule has 0 aliphatic carbocycles. The van der Waals surface area contributed by atoms with E-state index in [9.17, 15) is 4.79 Å². The molecule has 0 fully saturated rings. The third-order valence-corrected chi connectivity index (χ3v) is 1.97. The summed E-state index contributed by atoms with van der Waals surface area (Å²) in [6.07, 6.45) is 7.01. The van der Waals surface area contributed by atoms with Crippen LogP contribution in [0.3, 0.4) is 0 Å². The Morgan fingerprint density at radius 3 is 2.08 bits per heavy atom. The van der Waals surface area contributed by atoms with Crippen LogP contribution < -0.4 is 0 Å². The van der Waals surface area contributed by atoms with Gasteiger partial charge in [0.05, 0.1) is 13.0 Å². The van der Waals surface area contributed by atoms with Crippen molar-refractivity contribution in [1.82, 2.24) is 0 Å². The second kappa shape index (κ2) is 7.59. The van der Waals surface area contributed by atoms with Gasteiger partial charge in [-0.2, -0.15) is 0 Å². The van der Waals surface area contributed by atoms with Crippen LogP contribution in [0.1, 0.15) is 25.7 Å². The van der Waals surface area contributed by atoms with E-state index in [0.717, 1.165) is 25.7 Å². The second-order valence-electron chi connectivity index (χ2n) is 2.95. The topological polar surface area (TPSA) is 26.3 Å². The maximum absolute atomic E-state index is 11.2. The second-order valence-corrected chi connectivity index (χ2v) is 2.95. The Kier molecular flexibility index (Phi) is 6.98. The highest BCUT2D eigenvalue weighted by molar-refractivity contribution is 5.72. The summed E-state index contributed by atoms with van der Waals surface area (Å²) in [6.45, 7) is 7.25. The van der Waals surface area contributed by atoms with E-state index in [4.69, 9.17) is 4.74 Å². The van der Waals surface area contributed by atoms with Crippen molar-refractivity contribution in [2.45, 2.75) is 25.7 Å². The number of carbonyl (C=O) groups is 1. The molecule has 0 aromatic rings. The fourth-order valence-corrected chi connectivity index (χ4v) is 1.18. The molecule has 0 aromatic carbocycles. The quantitative estimate of drug-likeness (QED) is 0.447. The molecule has 2 nitrogen and oxygen atoms in total. The molecule has 2 heteroatoms. The van der Waals surface area contributed by atoms with E-state index in [1.807, 2.05) is 12.2 Å². The Balaban J connectivity index is 3.92. The minimum absolute atomic E-state index is 0.000926. The molecule has 0 atom stereocenters. The number of esters is 1. The van der Waals surface area contributed by atoms with Crippen LogP contribution in [-0.4, -0.2) is 13.1 Å². The van der Waals surface area contributed by atoms with Crippen molar-refractivity contribution in [2.75, 3.05) is 7.11 Å². The third kappa shape index (κ3) is 5.23. The first-order chi connectivity index (χ1) is 6.26. The molecule has 0 radical (unpaired) electrons. The highest BCUT2D eigenvalue weighted by atomic mass is 16.5. The van der Waals surface area contributed by atoms with Crippen LogP contribution in [0.5, 0.6) is 0 Å². The van der Waals surface area contributed by atoms with E-state index in [-0.39, 0.29) is 11.9 Å². The van der Waals surface area contributed by atoms with Crippen molar-refractivity contribution >= 4 is 5.97 Å². The monoisotopic (exact) mass is 182 g/mol. The van der Waals surface area contributed by atoms with Gasteiger partial charge in [0.15, 0.2) is 0 Å². The maximum atomic E-state index is 11.2. The van der Waals surface area contributed by atoms with Gasteiger partial charge in [-0.3, -0.25) is 4.79 Å². The molecule has 0 aromatic heterocycles. The number of rotatable bonds is 7. The molecule has 0 unspecified atom stereocenters. The number of methoxy groups -OCH3 is 1. The number of allylic oxidation sites excluding steroid dienone is 2. The average Bonchev–Trinajstić information content (AvgIpc) is 2.17. The van der Waals surface area contributed by atoms with Crippen molar-refractivity contribution in [1.29, 1.82) is 0 Å². The maximum Gasteiger partial charge on any atom is 0.308 e. The molecule has 0 aliphatic rings. The van der Waals surface area contributed by atoms with Gasteiger partial charge < -0.3 is 4.74 Å². The van der Waals surface area contributed by atoms with E-state index < -0.39 is 0 Å². The summed E-state index contributed by atoms with van der Waals surface area (Å²) in [5.74, 6) is -0.121. The molecule has 0 heterocycles. The molecule has 0 rings (SSSR count). The number of carbonyl (C=O) groups excluding carboxylic acids is 1. The lowest BCUT2D eigenvalue weighted by atomic mass is 9.98. The van der Waals surface area contributed by atoms with Crippen LogP contribution in [0.4, 0.5) is 0 Å². The van der Waals surface area contributed by atoms with Gasteiger partial charge in [-0.15, -0.1) is 13.2 Å². The van der Waals surface area contributed by atoms with Crippen LogP contribution in [0.25, 0.3) is 0 Å². The lowest BCUT2D eigenvalue weighted by molar-refractivity contribution is -0.145. The molecule has 74 valence electrons. The van der Waals surface area contributed by atoms with Crippen LogP contribution in [-0.2, 0) is 9.53 Å². The van der Waals surface area contributed by atoms with Crippen LogP contribution in [0.2, 0.25) is 0 Å². The Hall–Kier alpha value is -1.05. The summed E-state index contributed by atoms with van der Waals surface area (Å²) in [4.78, 5) is 11.2. The zero-order valence-corrected chi connectivity index (χ0v) is 8.29. The van der Waals surface area contributed by atoms with E-state index in [1.165, 1.54) is 7.11 Å². The zero-order chi connectivity index (χ0) is 10.1. The predicted octanol–water partition coefficient (Wildman–Crippen LogP) is 2.71. The van der Waals surface area contributed by atoms with Crippen molar-refractivity contribution in [3.05, 3.63) is 25.3 Å². The van der Waals surface area contributed by atoms with Gasteiger partial charge in [0, 0.05) is 0 Å². The van der Waals surface area contributed by atoms with Gasteiger partial charge in [0.1, 0.15) is 0 Å². The van der Waals surface area contributed by atoms with Crippen molar-refractivity contribution < 1.29 is 9.53 Å². The molecule has 0 bridgehead atoms. The van der Waals surface area contributed by atoms with Gasteiger partial charge in [0.25, 0.3) is 0 Å². The Morgan fingerprint density at radius 1 is 1.31 bits per heavy atom. The van der Waals surface area contributed by atoms with Crippen molar-refractivity contribution in [3.8, 4) is 0 Å². The van der Waals surface area contributed by atoms with E-state index in [1.54, 1.807) is 0 Å². The predicted molar refractivity (Wildman–Crippen MR) is 54.4 cm³/mol. The van der Waals surface area contributed by atoms with Crippen molar-refractivity contribution in [3.63, 3.8) is 0 Å². The van der Waals surface area contributed by atoms with E-state index in [0.29, 0.717) is 0 Å². The molecular weight excluding hydrogens is 164 g/mol. The van der Waals surface area contributed by atoms with Crippen LogP contribution >= 0.6 is 0 Å². The minimum Gasteiger partial charge on any atom is -0.469 e. The average molecular weight is 182 g/mol. The summed E-state index contributed by atoms with van der Waals surface area (Å²) in [5, 5.41) is 0. The first-order valence-electron chi connectivity index (χ1n) is 4.55. The Morgan fingerprint density at radius 2 is 1.77 bits per heavy atom. The number of hydrogen-bond acceptors (Lipinski definition) is 2. The summed E-state index contributed by atoms with van der Waals surface area (Å²) in [6, 6.07) is 0. The molecule has 0 saturated carbocycles. The summed E-state index contributed by atoms with van der Waals surface area (Å²) < 4.78 is 4.70. The molecule has 13 heavy (non-hydrogen) atoms. The van der Waals surface area contributed by atoms with Crippen LogP contribution in [0, 0.1) is 5.92 Å². The standard InChI is InChI=1S/C11H18O2/c1-4-6-8-10(9-7-5-2)11(12)13-3/h4-5,10H,1-2,6-9H2,3H3. The Labute approximate surface area is 80.3 Å². The van der Waals surface area contributed by atoms with Gasteiger partial charge >= 0.3 is 5.97 Å². The zero-order valence-electron chi connectivity index (χ0n) is 8.29. The fraction of sp³-hybridized carbons (Fsp3) is 0.545. The lowest BCUT2D eigenvalue weighted by Gasteiger charge is -2.11. The van der Waals surface area contributed by atoms with Crippen molar-refractivity contribution in [2.24, 2.45) is 5.92 Å². The smallest absolute Gasteiger partial charge is 0.308 e. The SMILES string of the molecule is C=CCCC(CCC=C)C(=O)OC. The third-order valence-electron chi connectivity index (χ3n) is 1.97. The Bertz CT molecular complexity index is 161. The lowest BCUT2D eigenvalue weighted by Crippen LogP contribution is -2.15. The number of ether oxygens (including phenoxy) is 1. The van der Waals surface area contributed by atoms with Gasteiger partial charge in [-0.05, 0) is 25.7 Å². The summed E-state index contributed by atoms with van der Waals surface area (Å²) in [7, 11) is 1.43. The van der Waals surface area contributed by atoms with E-state index in [2.05, 4.69) is 13.2 Å². The fourth-order valence-electron chi connectivity index (χ4n) is 1.18. The number of hydrogen-bond donors (Lipinski definition) is 0. The van der Waals surface area contributed by atoms with Crippen LogP contribution in [0.15, 0.2) is 25.3 Å². The molecular formula is C11H18O2. The minimum atomic E-state index is -0.122. The molecule has 0 saturated heterocycles. The highest BCUT2D eigenvalue weighted by Crippen LogP contribution is 2.15. The first-order valence-corrected chi connectivity index (χ1v) is 4.55. The summed E-state index contributed by atoms with van der Waals surface area (Å²) >= 11 is 0. The summed E-state index contributed by atoms with van der Waals surface area (Å²) in [5.41, 5.74) is 0. The molecule has 0 N–H and O–H groups in total. The normalized spacial score (nSPS) is 9.69. The largest absolute Gasteiger partial charge is 0.469 e. The molecule has 0 amide bonds.